The van der Waals surface area contributed by atoms with E-state index in [1.165, 1.54) is 4.90 Å². The Labute approximate surface area is 118 Å². The van der Waals surface area contributed by atoms with Crippen molar-refractivity contribution in [2.24, 2.45) is 0 Å². The number of hydrogen-bond acceptors (Lipinski definition) is 4. The first-order chi connectivity index (χ1) is 9.61. The molecule has 1 heterocycles. The van der Waals surface area contributed by atoms with Gasteiger partial charge in [-0.05, 0) is 25.0 Å². The maximum atomic E-state index is 12.0. The van der Waals surface area contributed by atoms with Crippen molar-refractivity contribution in [1.82, 2.24) is 4.90 Å². The van der Waals surface area contributed by atoms with Gasteiger partial charge >= 0.3 is 0 Å². The van der Waals surface area contributed by atoms with Crippen LogP contribution >= 0.6 is 0 Å². The predicted octanol–water partition coefficient (Wildman–Crippen LogP) is 0.582. The van der Waals surface area contributed by atoms with Gasteiger partial charge in [-0.3, -0.25) is 4.79 Å². The van der Waals surface area contributed by atoms with Crippen LogP contribution in [0.5, 0.6) is 5.75 Å². The monoisotopic (exact) mass is 279 g/mol. The summed E-state index contributed by atoms with van der Waals surface area (Å²) in [5.41, 5.74) is 1.00. The number of ether oxygens (including phenoxy) is 1. The number of aliphatic hydroxyl groups excluding tert-OH is 2. The second kappa shape index (κ2) is 6.72. The smallest absolute Gasteiger partial charge is 0.223 e. The van der Waals surface area contributed by atoms with Crippen LogP contribution in [0.1, 0.15) is 18.9 Å². The molecule has 0 aromatic heterocycles. The molecule has 2 atom stereocenters. The molecule has 1 amide bonds. The van der Waals surface area contributed by atoms with Gasteiger partial charge in [-0.1, -0.05) is 18.2 Å². The molecule has 1 fully saturated rings. The van der Waals surface area contributed by atoms with Gasteiger partial charge < -0.3 is 19.8 Å². The van der Waals surface area contributed by atoms with Crippen molar-refractivity contribution in [2.75, 3.05) is 19.7 Å². The fraction of sp³-hybridized carbons (Fsp3) is 0.533. The Morgan fingerprint density at radius 1 is 1.30 bits per heavy atom. The number of β-amino-alcohol motifs (C(OH)–C–C–N with tert-alkyl or cyclic N) is 2. The van der Waals surface area contributed by atoms with Crippen molar-refractivity contribution in [1.29, 1.82) is 0 Å². The molecule has 0 spiro atoms. The lowest BCUT2D eigenvalue weighted by atomic mass is 10.1. The number of likely N-dealkylation sites (tertiary alicyclic amines) is 1. The van der Waals surface area contributed by atoms with E-state index in [2.05, 4.69) is 0 Å². The summed E-state index contributed by atoms with van der Waals surface area (Å²) in [6.07, 6.45) is -0.703. The predicted molar refractivity (Wildman–Crippen MR) is 74.5 cm³/mol. The summed E-state index contributed by atoms with van der Waals surface area (Å²) in [7, 11) is 0. The molecule has 5 heteroatoms. The van der Waals surface area contributed by atoms with Gasteiger partial charge in [0, 0.05) is 19.5 Å². The van der Waals surface area contributed by atoms with E-state index in [9.17, 15) is 15.0 Å². The number of amides is 1. The molecule has 1 aliphatic heterocycles. The number of carbonyl (C=O) groups excluding carboxylic acids is 1. The van der Waals surface area contributed by atoms with E-state index in [0.717, 1.165) is 11.3 Å². The zero-order valence-electron chi connectivity index (χ0n) is 11.7. The molecule has 1 saturated heterocycles. The first kappa shape index (κ1) is 14.8. The van der Waals surface area contributed by atoms with E-state index in [1.54, 1.807) is 0 Å². The van der Waals surface area contributed by atoms with Crippen LogP contribution in [0.2, 0.25) is 0 Å². The molecule has 1 aromatic carbocycles. The molecule has 0 radical (unpaired) electrons. The Balaban J connectivity index is 1.90. The van der Waals surface area contributed by atoms with Crippen molar-refractivity contribution >= 4 is 5.91 Å². The lowest BCUT2D eigenvalue weighted by Crippen LogP contribution is -2.30. The lowest BCUT2D eigenvalue weighted by Gasteiger charge is -2.16. The van der Waals surface area contributed by atoms with Gasteiger partial charge in [0.05, 0.1) is 18.8 Å². The van der Waals surface area contributed by atoms with Crippen LogP contribution in [0.3, 0.4) is 0 Å². The molecule has 20 heavy (non-hydrogen) atoms. The molecule has 0 unspecified atom stereocenters. The lowest BCUT2D eigenvalue weighted by molar-refractivity contribution is -0.130. The Bertz CT molecular complexity index is 453. The molecule has 1 aromatic rings. The maximum absolute atomic E-state index is 12.0. The van der Waals surface area contributed by atoms with Crippen LogP contribution in [-0.4, -0.2) is 52.9 Å². The number of aliphatic hydroxyl groups is 2. The zero-order valence-corrected chi connectivity index (χ0v) is 11.7. The van der Waals surface area contributed by atoms with Crippen molar-refractivity contribution in [3.8, 4) is 5.75 Å². The van der Waals surface area contributed by atoms with Crippen LogP contribution < -0.4 is 4.74 Å². The summed E-state index contributed by atoms with van der Waals surface area (Å²) in [6, 6.07) is 7.67. The molecular formula is C15H21NO4. The number of nitrogens with zero attached hydrogens (tertiary/aromatic N) is 1. The molecule has 0 saturated carbocycles. The van der Waals surface area contributed by atoms with Crippen molar-refractivity contribution < 1.29 is 19.7 Å². The molecule has 2 N–H and O–H groups in total. The van der Waals surface area contributed by atoms with E-state index < -0.39 is 12.2 Å². The number of aryl methyl sites for hydroxylation is 1. The maximum Gasteiger partial charge on any atom is 0.223 e. The topological polar surface area (TPSA) is 70.0 Å². The van der Waals surface area contributed by atoms with Crippen LogP contribution in [0.4, 0.5) is 0 Å². The fourth-order valence-corrected chi connectivity index (χ4v) is 2.38. The van der Waals surface area contributed by atoms with Gasteiger partial charge in [0.1, 0.15) is 5.75 Å². The number of rotatable bonds is 5. The highest BCUT2D eigenvalue weighted by molar-refractivity contribution is 5.77. The third-order valence-corrected chi connectivity index (χ3v) is 3.49. The van der Waals surface area contributed by atoms with Gasteiger partial charge in [0.25, 0.3) is 0 Å². The number of para-hydroxylation sites is 1. The minimum atomic E-state index is -0.824. The van der Waals surface area contributed by atoms with E-state index in [1.807, 2.05) is 31.2 Å². The van der Waals surface area contributed by atoms with E-state index >= 15 is 0 Å². The Morgan fingerprint density at radius 3 is 2.60 bits per heavy atom. The van der Waals surface area contributed by atoms with Gasteiger partial charge in [0.2, 0.25) is 5.91 Å². The third kappa shape index (κ3) is 3.49. The molecule has 0 bridgehead atoms. The zero-order chi connectivity index (χ0) is 14.5. The SMILES string of the molecule is CCOc1ccccc1CCC(=O)N1C[C@@H](O)[C@@H](O)C1. The van der Waals surface area contributed by atoms with Crippen LogP contribution in [0.15, 0.2) is 24.3 Å². The molecule has 5 nitrogen and oxygen atoms in total. The number of benzene rings is 1. The summed E-state index contributed by atoms with van der Waals surface area (Å²) in [4.78, 5) is 13.6. The first-order valence-corrected chi connectivity index (χ1v) is 6.96. The van der Waals surface area contributed by atoms with E-state index in [0.29, 0.717) is 19.4 Å². The average Bonchev–Trinajstić information content (AvgIpc) is 2.78. The minimum absolute atomic E-state index is 0.0492. The largest absolute Gasteiger partial charge is 0.494 e. The molecular weight excluding hydrogens is 258 g/mol. The quantitative estimate of drug-likeness (QED) is 0.827. The Hall–Kier alpha value is -1.59. The third-order valence-electron chi connectivity index (χ3n) is 3.49. The summed E-state index contributed by atoms with van der Waals surface area (Å²) in [6.45, 7) is 2.95. The second-order valence-electron chi connectivity index (χ2n) is 4.97. The fourth-order valence-electron chi connectivity index (χ4n) is 2.38. The summed E-state index contributed by atoms with van der Waals surface area (Å²) < 4.78 is 5.52. The molecule has 1 aliphatic rings. The summed E-state index contributed by atoms with van der Waals surface area (Å²) in [5.74, 6) is 0.760. The molecule has 110 valence electrons. The van der Waals surface area contributed by atoms with Gasteiger partial charge in [0.15, 0.2) is 0 Å². The highest BCUT2D eigenvalue weighted by atomic mass is 16.5. The first-order valence-electron chi connectivity index (χ1n) is 6.96. The van der Waals surface area contributed by atoms with Crippen LogP contribution in [-0.2, 0) is 11.2 Å². The van der Waals surface area contributed by atoms with Gasteiger partial charge in [-0.2, -0.15) is 0 Å². The minimum Gasteiger partial charge on any atom is -0.494 e. The van der Waals surface area contributed by atoms with Gasteiger partial charge in [-0.25, -0.2) is 0 Å². The normalized spacial score (nSPS) is 22.1. The van der Waals surface area contributed by atoms with E-state index in [-0.39, 0.29) is 19.0 Å². The van der Waals surface area contributed by atoms with E-state index in [4.69, 9.17) is 4.74 Å². The highest BCUT2D eigenvalue weighted by Gasteiger charge is 2.32. The Kier molecular flexibility index (Phi) is 4.98. The number of carbonyl (C=O) groups is 1. The van der Waals surface area contributed by atoms with Crippen LogP contribution in [0, 0.1) is 0 Å². The standard InChI is InChI=1S/C15H21NO4/c1-2-20-14-6-4-3-5-11(14)7-8-15(19)16-9-12(17)13(18)10-16/h3-6,12-13,17-18H,2,7-10H2,1H3/t12-,13+. The summed E-state index contributed by atoms with van der Waals surface area (Å²) >= 11 is 0. The second-order valence-corrected chi connectivity index (χ2v) is 4.97. The van der Waals surface area contributed by atoms with Gasteiger partial charge in [-0.15, -0.1) is 0 Å². The van der Waals surface area contributed by atoms with Crippen molar-refractivity contribution in [3.63, 3.8) is 0 Å². The van der Waals surface area contributed by atoms with Crippen molar-refractivity contribution in [3.05, 3.63) is 29.8 Å². The highest BCUT2D eigenvalue weighted by Crippen LogP contribution is 2.20. The number of hydrogen-bond donors (Lipinski definition) is 2. The summed E-state index contributed by atoms with van der Waals surface area (Å²) in [5, 5.41) is 18.9. The molecule has 0 aliphatic carbocycles. The average molecular weight is 279 g/mol. The molecule has 2 rings (SSSR count). The Morgan fingerprint density at radius 2 is 1.95 bits per heavy atom. The van der Waals surface area contributed by atoms with Crippen LogP contribution in [0.25, 0.3) is 0 Å². The van der Waals surface area contributed by atoms with Crippen molar-refractivity contribution in [2.45, 2.75) is 32.0 Å².